The average Bonchev–Trinajstić information content (AvgIpc) is 2.94. The summed E-state index contributed by atoms with van der Waals surface area (Å²) in [6.07, 6.45) is 2.62. The van der Waals surface area contributed by atoms with Crippen LogP contribution in [0.4, 0.5) is 4.39 Å². The molecule has 0 saturated heterocycles. The number of hydrogen-bond acceptors (Lipinski definition) is 4. The Kier molecular flexibility index (Phi) is 4.61. The zero-order chi connectivity index (χ0) is 15.6. The first kappa shape index (κ1) is 15.9. The van der Waals surface area contributed by atoms with E-state index in [1.807, 2.05) is 0 Å². The molecule has 2 unspecified atom stereocenters. The molecule has 0 bridgehead atoms. The summed E-state index contributed by atoms with van der Waals surface area (Å²) in [6, 6.07) is 4.79. The molecule has 0 heterocycles. The fraction of sp³-hybridized carbons (Fsp3) is 0.500. The second-order valence-electron chi connectivity index (χ2n) is 5.27. The molecule has 1 aliphatic carbocycles. The van der Waals surface area contributed by atoms with Crippen LogP contribution < -0.4 is 5.73 Å². The van der Waals surface area contributed by atoms with Crippen molar-refractivity contribution >= 4 is 10.0 Å². The number of sulfonamides is 1. The summed E-state index contributed by atoms with van der Waals surface area (Å²) >= 11 is 0. The van der Waals surface area contributed by atoms with Crippen molar-refractivity contribution in [1.82, 2.24) is 4.31 Å². The first-order chi connectivity index (χ1) is 9.91. The zero-order valence-electron chi connectivity index (χ0n) is 11.8. The summed E-state index contributed by atoms with van der Waals surface area (Å²) in [5.41, 5.74) is 5.42. The molecule has 21 heavy (non-hydrogen) atoms. The molecule has 1 aliphatic rings. The molecule has 0 radical (unpaired) electrons. The van der Waals surface area contributed by atoms with Gasteiger partial charge in [-0.15, -0.1) is 0 Å². The predicted molar refractivity (Wildman–Crippen MR) is 76.2 cm³/mol. The highest BCUT2D eigenvalue weighted by molar-refractivity contribution is 7.89. The monoisotopic (exact) mass is 311 g/mol. The second kappa shape index (κ2) is 6.10. The predicted octanol–water partition coefficient (Wildman–Crippen LogP) is 1.45. The molecule has 7 heteroatoms. The van der Waals surface area contributed by atoms with Crippen LogP contribution in [0.3, 0.4) is 0 Å². The molecule has 1 aromatic carbocycles. The lowest BCUT2D eigenvalue weighted by molar-refractivity contribution is 0.304. The van der Waals surface area contributed by atoms with Crippen LogP contribution in [0.25, 0.3) is 0 Å². The Morgan fingerprint density at radius 1 is 1.48 bits per heavy atom. The fourth-order valence-corrected chi connectivity index (χ4v) is 4.34. The summed E-state index contributed by atoms with van der Waals surface area (Å²) in [4.78, 5) is -0.0642. The molecule has 114 valence electrons. The van der Waals surface area contributed by atoms with Gasteiger partial charge in [-0.2, -0.15) is 9.57 Å². The zero-order valence-corrected chi connectivity index (χ0v) is 12.6. The van der Waals surface area contributed by atoms with Gasteiger partial charge in [-0.3, -0.25) is 0 Å². The van der Waals surface area contributed by atoms with Crippen LogP contribution in [0.15, 0.2) is 23.1 Å². The molecular weight excluding hydrogens is 293 g/mol. The highest BCUT2D eigenvalue weighted by Crippen LogP contribution is 2.32. The molecule has 5 nitrogen and oxygen atoms in total. The Morgan fingerprint density at radius 2 is 2.19 bits per heavy atom. The molecule has 1 fully saturated rings. The lowest BCUT2D eigenvalue weighted by Crippen LogP contribution is -2.41. The smallest absolute Gasteiger partial charge is 0.243 e. The highest BCUT2D eigenvalue weighted by Gasteiger charge is 2.36. The number of benzene rings is 1. The van der Waals surface area contributed by atoms with E-state index in [4.69, 9.17) is 11.0 Å². The van der Waals surface area contributed by atoms with E-state index in [2.05, 4.69) is 0 Å². The van der Waals surface area contributed by atoms with Crippen LogP contribution >= 0.6 is 0 Å². The van der Waals surface area contributed by atoms with Crippen molar-refractivity contribution in [2.24, 2.45) is 11.7 Å². The minimum absolute atomic E-state index is 0.0642. The minimum Gasteiger partial charge on any atom is -0.330 e. The molecule has 0 aromatic heterocycles. The van der Waals surface area contributed by atoms with Gasteiger partial charge in [0, 0.05) is 13.1 Å². The van der Waals surface area contributed by atoms with Crippen LogP contribution in [-0.2, 0) is 10.0 Å². The van der Waals surface area contributed by atoms with Crippen LogP contribution in [0.5, 0.6) is 0 Å². The Balaban J connectivity index is 2.36. The van der Waals surface area contributed by atoms with Gasteiger partial charge in [-0.1, -0.05) is 6.42 Å². The van der Waals surface area contributed by atoms with Gasteiger partial charge in [0.05, 0.1) is 10.5 Å². The first-order valence-electron chi connectivity index (χ1n) is 6.79. The van der Waals surface area contributed by atoms with Crippen molar-refractivity contribution in [3.63, 3.8) is 0 Å². The van der Waals surface area contributed by atoms with Crippen molar-refractivity contribution < 1.29 is 12.8 Å². The maximum atomic E-state index is 13.3. The van der Waals surface area contributed by atoms with Crippen LogP contribution in [-0.4, -0.2) is 32.4 Å². The molecule has 0 amide bonds. The third kappa shape index (κ3) is 2.93. The number of rotatable bonds is 4. The van der Waals surface area contributed by atoms with Gasteiger partial charge in [-0.25, -0.2) is 12.8 Å². The van der Waals surface area contributed by atoms with Crippen molar-refractivity contribution in [2.45, 2.75) is 30.2 Å². The van der Waals surface area contributed by atoms with Crippen molar-refractivity contribution in [2.75, 3.05) is 13.6 Å². The SMILES string of the molecule is CN(C1CCCC1CN)S(=O)(=O)c1ccc(F)c(C#N)c1. The number of nitriles is 1. The van der Waals surface area contributed by atoms with Crippen LogP contribution in [0, 0.1) is 23.1 Å². The summed E-state index contributed by atoms with van der Waals surface area (Å²) in [7, 11) is -2.24. The average molecular weight is 311 g/mol. The van der Waals surface area contributed by atoms with E-state index in [1.54, 1.807) is 6.07 Å². The largest absolute Gasteiger partial charge is 0.330 e. The molecule has 2 N–H and O–H groups in total. The Hall–Kier alpha value is -1.49. The first-order valence-corrected chi connectivity index (χ1v) is 8.23. The summed E-state index contributed by atoms with van der Waals surface area (Å²) in [6.45, 7) is 0.442. The molecule has 1 aromatic rings. The van der Waals surface area contributed by atoms with Gasteiger partial charge >= 0.3 is 0 Å². The van der Waals surface area contributed by atoms with E-state index in [-0.39, 0.29) is 22.4 Å². The van der Waals surface area contributed by atoms with Gasteiger partial charge in [0.2, 0.25) is 10.0 Å². The molecular formula is C14H18FN3O2S. The summed E-state index contributed by atoms with van der Waals surface area (Å²) in [5, 5.41) is 8.82. The standard InChI is InChI=1S/C14H18FN3O2S/c1-18(14-4-2-3-10(14)8-16)21(19,20)12-5-6-13(15)11(7-12)9-17/h5-7,10,14H,2-4,8,16H2,1H3. The van der Waals surface area contributed by atoms with E-state index in [0.29, 0.717) is 6.54 Å². The van der Waals surface area contributed by atoms with Crippen LogP contribution in [0.2, 0.25) is 0 Å². The molecule has 0 spiro atoms. The van der Waals surface area contributed by atoms with Crippen molar-refractivity contribution in [3.05, 3.63) is 29.6 Å². The Morgan fingerprint density at radius 3 is 2.81 bits per heavy atom. The van der Waals surface area contributed by atoms with E-state index in [0.717, 1.165) is 31.4 Å². The lowest BCUT2D eigenvalue weighted by atomic mass is 10.0. The Bertz CT molecular complexity index is 669. The number of nitrogens with zero attached hydrogens (tertiary/aromatic N) is 2. The quantitative estimate of drug-likeness (QED) is 0.911. The number of nitrogens with two attached hydrogens (primary N) is 1. The third-order valence-corrected chi connectivity index (χ3v) is 6.00. The topological polar surface area (TPSA) is 87.2 Å². The third-order valence-electron chi connectivity index (χ3n) is 4.12. The minimum atomic E-state index is -3.75. The van der Waals surface area contributed by atoms with Gasteiger partial charge in [0.15, 0.2) is 0 Å². The van der Waals surface area contributed by atoms with Gasteiger partial charge in [0.25, 0.3) is 0 Å². The second-order valence-corrected chi connectivity index (χ2v) is 7.27. The molecule has 2 rings (SSSR count). The van der Waals surface area contributed by atoms with E-state index in [9.17, 15) is 12.8 Å². The van der Waals surface area contributed by atoms with E-state index in [1.165, 1.54) is 17.4 Å². The maximum Gasteiger partial charge on any atom is 0.243 e. The number of hydrogen-bond donors (Lipinski definition) is 1. The molecule has 0 aliphatic heterocycles. The van der Waals surface area contributed by atoms with Gasteiger partial charge in [-0.05, 0) is 43.5 Å². The fourth-order valence-electron chi connectivity index (χ4n) is 2.87. The summed E-state index contributed by atoms with van der Waals surface area (Å²) < 4.78 is 39.9. The van der Waals surface area contributed by atoms with Gasteiger partial charge in [0.1, 0.15) is 11.9 Å². The number of halogens is 1. The van der Waals surface area contributed by atoms with Crippen molar-refractivity contribution in [1.29, 1.82) is 5.26 Å². The molecule has 1 saturated carbocycles. The highest BCUT2D eigenvalue weighted by atomic mass is 32.2. The van der Waals surface area contributed by atoms with E-state index >= 15 is 0 Å². The molecule has 2 atom stereocenters. The van der Waals surface area contributed by atoms with Crippen LogP contribution in [0.1, 0.15) is 24.8 Å². The Labute approximate surface area is 124 Å². The maximum absolute atomic E-state index is 13.3. The summed E-state index contributed by atoms with van der Waals surface area (Å²) in [5.74, 6) is -0.583. The van der Waals surface area contributed by atoms with Crippen molar-refractivity contribution in [3.8, 4) is 6.07 Å². The van der Waals surface area contributed by atoms with Gasteiger partial charge < -0.3 is 5.73 Å². The van der Waals surface area contributed by atoms with E-state index < -0.39 is 15.8 Å². The normalized spacial score (nSPS) is 22.4. The lowest BCUT2D eigenvalue weighted by Gasteiger charge is -2.28.